The van der Waals surface area contributed by atoms with Crippen LogP contribution in [-0.4, -0.2) is 48.1 Å². The standard InChI is InChI=1S/C24H26BrNO5/c1-14(2)31-12-11-26-21(17-8-6-5-7-15(17)3)20(23(28)24(26)29)22(27)16-9-10-19(30-4)18(25)13-16/h5-10,13-14,21,27H,11-12H2,1-4H3/b22-20+. The zero-order chi connectivity index (χ0) is 22.7. The highest BCUT2D eigenvalue weighted by Crippen LogP contribution is 2.41. The van der Waals surface area contributed by atoms with Crippen molar-refractivity contribution in [2.75, 3.05) is 20.3 Å². The Morgan fingerprint density at radius 1 is 1.19 bits per heavy atom. The second-order valence-electron chi connectivity index (χ2n) is 7.62. The van der Waals surface area contributed by atoms with Crippen LogP contribution in [0.1, 0.15) is 36.6 Å². The van der Waals surface area contributed by atoms with Gasteiger partial charge in [0.15, 0.2) is 0 Å². The average Bonchev–Trinajstić information content (AvgIpc) is 2.98. The number of ether oxygens (including phenoxy) is 2. The molecule has 0 aliphatic carbocycles. The van der Waals surface area contributed by atoms with Gasteiger partial charge in [-0.1, -0.05) is 24.3 Å². The molecule has 0 spiro atoms. The lowest BCUT2D eigenvalue weighted by Gasteiger charge is -2.26. The number of methoxy groups -OCH3 is 1. The van der Waals surface area contributed by atoms with E-state index in [9.17, 15) is 14.7 Å². The first-order valence-corrected chi connectivity index (χ1v) is 10.8. The molecule has 1 amide bonds. The number of likely N-dealkylation sites (tertiary alicyclic amines) is 1. The molecule has 1 atom stereocenters. The van der Waals surface area contributed by atoms with Crippen molar-refractivity contribution >= 4 is 33.4 Å². The maximum Gasteiger partial charge on any atom is 0.295 e. The maximum absolute atomic E-state index is 13.0. The number of nitrogens with zero attached hydrogens (tertiary/aromatic N) is 1. The minimum absolute atomic E-state index is 0.00498. The lowest BCUT2D eigenvalue weighted by atomic mass is 9.92. The van der Waals surface area contributed by atoms with Crippen molar-refractivity contribution in [1.29, 1.82) is 0 Å². The van der Waals surface area contributed by atoms with Crippen LogP contribution in [0.3, 0.4) is 0 Å². The van der Waals surface area contributed by atoms with E-state index in [1.165, 1.54) is 4.90 Å². The Kier molecular flexibility index (Phi) is 7.18. The highest BCUT2D eigenvalue weighted by molar-refractivity contribution is 9.10. The van der Waals surface area contributed by atoms with Crippen LogP contribution in [0.15, 0.2) is 52.5 Å². The van der Waals surface area contributed by atoms with Crippen molar-refractivity contribution in [3.8, 4) is 5.75 Å². The summed E-state index contributed by atoms with van der Waals surface area (Å²) in [4.78, 5) is 27.5. The molecule has 2 aromatic rings. The quantitative estimate of drug-likeness (QED) is 0.350. The van der Waals surface area contributed by atoms with Crippen LogP contribution in [0.2, 0.25) is 0 Å². The highest BCUT2D eigenvalue weighted by atomic mass is 79.9. The Morgan fingerprint density at radius 3 is 2.52 bits per heavy atom. The first-order valence-electron chi connectivity index (χ1n) is 10.1. The van der Waals surface area contributed by atoms with E-state index >= 15 is 0 Å². The van der Waals surface area contributed by atoms with E-state index in [-0.39, 0.29) is 24.0 Å². The van der Waals surface area contributed by atoms with Crippen LogP contribution in [0.25, 0.3) is 5.76 Å². The number of aliphatic hydroxyl groups is 1. The van der Waals surface area contributed by atoms with Crippen LogP contribution in [0.5, 0.6) is 5.75 Å². The van der Waals surface area contributed by atoms with Gasteiger partial charge in [0.1, 0.15) is 11.5 Å². The van der Waals surface area contributed by atoms with E-state index in [0.29, 0.717) is 22.4 Å². The Hall–Kier alpha value is -2.64. The number of ketones is 1. The van der Waals surface area contributed by atoms with Gasteiger partial charge in [-0.2, -0.15) is 0 Å². The number of aliphatic hydroxyl groups excluding tert-OH is 1. The van der Waals surface area contributed by atoms with Gasteiger partial charge in [0.25, 0.3) is 11.7 Å². The smallest absolute Gasteiger partial charge is 0.295 e. The van der Waals surface area contributed by atoms with Crippen molar-refractivity contribution in [1.82, 2.24) is 4.90 Å². The molecule has 3 rings (SSSR count). The predicted octanol–water partition coefficient (Wildman–Crippen LogP) is 4.61. The number of Topliss-reactive ketones (excluding diaryl/α,β-unsaturated/α-hetero) is 1. The molecule has 2 aromatic carbocycles. The third-order valence-electron chi connectivity index (χ3n) is 5.23. The molecule has 0 bridgehead atoms. The van der Waals surface area contributed by atoms with Crippen LogP contribution < -0.4 is 4.74 Å². The number of carbonyl (C=O) groups excluding carboxylic acids is 2. The molecular weight excluding hydrogens is 462 g/mol. The zero-order valence-electron chi connectivity index (χ0n) is 18.0. The van der Waals surface area contributed by atoms with E-state index < -0.39 is 17.7 Å². The molecule has 0 aromatic heterocycles. The fraction of sp³-hybridized carbons (Fsp3) is 0.333. The van der Waals surface area contributed by atoms with Crippen molar-refractivity contribution in [3.05, 3.63) is 69.2 Å². The Morgan fingerprint density at radius 2 is 1.90 bits per heavy atom. The molecular formula is C24H26BrNO5. The average molecular weight is 488 g/mol. The molecule has 1 fully saturated rings. The SMILES string of the molecule is COc1ccc(/C(O)=C2\C(=O)C(=O)N(CCOC(C)C)C2c2ccccc2C)cc1Br. The molecule has 1 heterocycles. The Bertz CT molecular complexity index is 1030. The molecule has 1 saturated heterocycles. The fourth-order valence-electron chi connectivity index (χ4n) is 3.68. The van der Waals surface area contributed by atoms with E-state index in [1.54, 1.807) is 25.3 Å². The van der Waals surface area contributed by atoms with Gasteiger partial charge in [-0.25, -0.2) is 0 Å². The van der Waals surface area contributed by atoms with Gasteiger partial charge >= 0.3 is 0 Å². The van der Waals surface area contributed by atoms with Gasteiger partial charge < -0.3 is 19.5 Å². The molecule has 1 unspecified atom stereocenters. The molecule has 1 aliphatic rings. The number of rotatable bonds is 7. The second-order valence-corrected chi connectivity index (χ2v) is 8.47. The molecule has 164 valence electrons. The summed E-state index contributed by atoms with van der Waals surface area (Å²) in [5.74, 6) is -0.975. The third kappa shape index (κ3) is 4.67. The van der Waals surface area contributed by atoms with Crippen LogP contribution in [0, 0.1) is 6.92 Å². The van der Waals surface area contributed by atoms with Gasteiger partial charge in [-0.05, 0) is 66.0 Å². The zero-order valence-corrected chi connectivity index (χ0v) is 19.6. The summed E-state index contributed by atoms with van der Waals surface area (Å²) in [5, 5.41) is 11.1. The molecule has 1 N–H and O–H groups in total. The third-order valence-corrected chi connectivity index (χ3v) is 5.85. The van der Waals surface area contributed by atoms with Crippen molar-refractivity contribution < 1.29 is 24.2 Å². The topological polar surface area (TPSA) is 76.1 Å². The number of benzene rings is 2. The minimum Gasteiger partial charge on any atom is -0.507 e. The molecule has 1 aliphatic heterocycles. The minimum atomic E-state index is -0.706. The van der Waals surface area contributed by atoms with E-state index in [2.05, 4.69) is 15.9 Å². The number of carbonyl (C=O) groups is 2. The first-order chi connectivity index (χ1) is 14.8. The van der Waals surface area contributed by atoms with Gasteiger partial charge in [0.05, 0.1) is 35.9 Å². The summed E-state index contributed by atoms with van der Waals surface area (Å²) >= 11 is 3.40. The second kappa shape index (κ2) is 9.66. The van der Waals surface area contributed by atoms with E-state index in [4.69, 9.17) is 9.47 Å². The van der Waals surface area contributed by atoms with Gasteiger partial charge in [-0.3, -0.25) is 9.59 Å². The van der Waals surface area contributed by atoms with E-state index in [1.807, 2.05) is 45.0 Å². The number of hydrogen-bond donors (Lipinski definition) is 1. The van der Waals surface area contributed by atoms with Crippen molar-refractivity contribution in [3.63, 3.8) is 0 Å². The summed E-state index contributed by atoms with van der Waals surface area (Å²) in [6.07, 6.45) is 0.00498. The van der Waals surface area contributed by atoms with Gasteiger partial charge in [-0.15, -0.1) is 0 Å². The molecule has 0 radical (unpaired) electrons. The number of aryl methyl sites for hydroxylation is 1. The molecule has 6 nitrogen and oxygen atoms in total. The summed E-state index contributed by atoms with van der Waals surface area (Å²) < 4.78 is 11.5. The number of hydrogen-bond acceptors (Lipinski definition) is 5. The number of amides is 1. The summed E-state index contributed by atoms with van der Waals surface area (Å²) in [6.45, 7) is 6.28. The van der Waals surface area contributed by atoms with E-state index in [0.717, 1.165) is 11.1 Å². The monoisotopic (exact) mass is 487 g/mol. The van der Waals surface area contributed by atoms with Crippen LogP contribution in [0.4, 0.5) is 0 Å². The lowest BCUT2D eigenvalue weighted by Crippen LogP contribution is -2.33. The van der Waals surface area contributed by atoms with Gasteiger partial charge in [0.2, 0.25) is 0 Å². The largest absolute Gasteiger partial charge is 0.507 e. The van der Waals surface area contributed by atoms with Crippen molar-refractivity contribution in [2.45, 2.75) is 32.9 Å². The van der Waals surface area contributed by atoms with Crippen LogP contribution in [-0.2, 0) is 14.3 Å². The normalized spacial score (nSPS) is 18.1. The summed E-state index contributed by atoms with van der Waals surface area (Å²) in [5.41, 5.74) is 2.20. The Balaban J connectivity index is 2.13. The summed E-state index contributed by atoms with van der Waals surface area (Å²) in [7, 11) is 1.54. The predicted molar refractivity (Wildman–Crippen MR) is 122 cm³/mol. The molecule has 31 heavy (non-hydrogen) atoms. The maximum atomic E-state index is 13.0. The number of halogens is 1. The molecule has 7 heteroatoms. The van der Waals surface area contributed by atoms with Crippen molar-refractivity contribution in [2.24, 2.45) is 0 Å². The van der Waals surface area contributed by atoms with Gasteiger partial charge in [0, 0.05) is 12.1 Å². The van der Waals surface area contributed by atoms with Crippen LogP contribution >= 0.6 is 15.9 Å². The lowest BCUT2D eigenvalue weighted by molar-refractivity contribution is -0.140. The summed E-state index contributed by atoms with van der Waals surface area (Å²) in [6, 6.07) is 11.9. The fourth-order valence-corrected chi connectivity index (χ4v) is 4.22. The molecule has 0 saturated carbocycles. The Labute approximate surface area is 190 Å². The first kappa shape index (κ1) is 23.0. The highest BCUT2D eigenvalue weighted by Gasteiger charge is 2.46.